The Morgan fingerprint density at radius 1 is 1.10 bits per heavy atom. The number of hydrogen-bond acceptors (Lipinski definition) is 6. The first-order chi connectivity index (χ1) is 13.7. The van der Waals surface area contributed by atoms with Crippen molar-refractivity contribution in [2.45, 2.75) is 13.0 Å². The fourth-order valence-electron chi connectivity index (χ4n) is 3.83. The van der Waals surface area contributed by atoms with Gasteiger partial charge >= 0.3 is 5.97 Å². The van der Waals surface area contributed by atoms with Crippen molar-refractivity contribution in [3.8, 4) is 0 Å². The summed E-state index contributed by atoms with van der Waals surface area (Å²) in [6.07, 6.45) is 1.51. The Labute approximate surface area is 167 Å². The molecule has 2 heterocycles. The molecule has 9 heteroatoms. The molecule has 0 aliphatic carbocycles. The molecule has 2 aliphatic heterocycles. The Kier molecular flexibility index (Phi) is 4.42. The quantitative estimate of drug-likeness (QED) is 0.556. The van der Waals surface area contributed by atoms with Crippen molar-refractivity contribution < 1.29 is 27.5 Å². The van der Waals surface area contributed by atoms with Crippen LogP contribution in [0.5, 0.6) is 0 Å². The van der Waals surface area contributed by atoms with E-state index in [0.29, 0.717) is 34.4 Å². The lowest BCUT2D eigenvalue weighted by molar-refractivity contribution is 0.0599. The van der Waals surface area contributed by atoms with Gasteiger partial charge in [-0.05, 0) is 41.8 Å². The van der Waals surface area contributed by atoms with E-state index in [1.54, 1.807) is 30.3 Å². The molecule has 2 aliphatic rings. The van der Waals surface area contributed by atoms with Crippen molar-refractivity contribution >= 4 is 33.5 Å². The number of amides is 2. The van der Waals surface area contributed by atoms with Gasteiger partial charge in [0.2, 0.25) is 10.0 Å². The molecule has 2 aromatic carbocycles. The normalized spacial score (nSPS) is 15.5. The number of methoxy groups -OCH3 is 1. The number of ether oxygens (including phenoxy) is 1. The van der Waals surface area contributed by atoms with Crippen molar-refractivity contribution in [3.63, 3.8) is 0 Å². The van der Waals surface area contributed by atoms with Crippen LogP contribution in [0.2, 0.25) is 0 Å². The summed E-state index contributed by atoms with van der Waals surface area (Å²) >= 11 is 0. The van der Waals surface area contributed by atoms with E-state index in [-0.39, 0.29) is 18.7 Å². The van der Waals surface area contributed by atoms with E-state index in [1.165, 1.54) is 17.5 Å². The highest BCUT2D eigenvalue weighted by atomic mass is 32.2. The van der Waals surface area contributed by atoms with Crippen LogP contribution in [0.3, 0.4) is 0 Å². The summed E-state index contributed by atoms with van der Waals surface area (Å²) in [5.74, 6) is -1.46. The molecular formula is C20H18N2O6S. The van der Waals surface area contributed by atoms with Crippen molar-refractivity contribution in [2.75, 3.05) is 24.2 Å². The highest BCUT2D eigenvalue weighted by molar-refractivity contribution is 7.92. The summed E-state index contributed by atoms with van der Waals surface area (Å²) in [5.41, 5.74) is 2.44. The van der Waals surface area contributed by atoms with Gasteiger partial charge in [-0.25, -0.2) is 13.2 Å². The summed E-state index contributed by atoms with van der Waals surface area (Å²) in [7, 11) is -2.31. The lowest BCUT2D eigenvalue weighted by Gasteiger charge is -2.20. The Balaban J connectivity index is 1.79. The van der Waals surface area contributed by atoms with Crippen LogP contribution >= 0.6 is 0 Å². The minimum Gasteiger partial charge on any atom is -0.465 e. The van der Waals surface area contributed by atoms with Gasteiger partial charge < -0.3 is 4.74 Å². The SMILES string of the molecule is COC(=O)c1cc(CN2C(=O)c3ccccc3C2=O)c2c(c1)N(S(C)(=O)=O)CC2. The van der Waals surface area contributed by atoms with Gasteiger partial charge in [0.05, 0.1) is 42.3 Å². The average molecular weight is 414 g/mol. The van der Waals surface area contributed by atoms with Crippen LogP contribution in [0.1, 0.15) is 42.2 Å². The highest BCUT2D eigenvalue weighted by Crippen LogP contribution is 2.36. The van der Waals surface area contributed by atoms with Crippen LogP contribution < -0.4 is 4.31 Å². The number of fused-ring (bicyclic) bond motifs is 2. The largest absolute Gasteiger partial charge is 0.465 e. The zero-order chi connectivity index (χ0) is 20.9. The number of anilines is 1. The summed E-state index contributed by atoms with van der Waals surface area (Å²) in [6, 6.07) is 9.59. The Morgan fingerprint density at radius 3 is 2.28 bits per heavy atom. The highest BCUT2D eigenvalue weighted by Gasteiger charge is 2.37. The maximum Gasteiger partial charge on any atom is 0.337 e. The standard InChI is InChI=1S/C20H18N2O6S/c1-28-20(25)12-9-13(14-7-8-22(17(14)10-12)29(2,26)27)11-21-18(23)15-5-3-4-6-16(15)19(21)24/h3-6,9-10H,7-8,11H2,1-2H3. The molecule has 0 unspecified atom stereocenters. The number of carbonyl (C=O) groups excluding carboxylic acids is 3. The smallest absolute Gasteiger partial charge is 0.337 e. The van der Waals surface area contributed by atoms with Crippen LogP contribution in [0.15, 0.2) is 36.4 Å². The molecule has 8 nitrogen and oxygen atoms in total. The van der Waals surface area contributed by atoms with Crippen molar-refractivity contribution in [2.24, 2.45) is 0 Å². The maximum atomic E-state index is 12.7. The van der Waals surface area contributed by atoms with Crippen molar-refractivity contribution in [1.29, 1.82) is 0 Å². The second-order valence-corrected chi connectivity index (χ2v) is 8.86. The number of carbonyl (C=O) groups is 3. The van der Waals surface area contributed by atoms with Gasteiger partial charge in [0, 0.05) is 6.54 Å². The van der Waals surface area contributed by atoms with Crippen LogP contribution in [-0.2, 0) is 27.7 Å². The van der Waals surface area contributed by atoms with Crippen LogP contribution in [0, 0.1) is 0 Å². The predicted molar refractivity (Wildman–Crippen MR) is 104 cm³/mol. The molecule has 0 bridgehead atoms. The number of sulfonamides is 1. The summed E-state index contributed by atoms with van der Waals surface area (Å²) in [4.78, 5) is 38.7. The monoisotopic (exact) mass is 414 g/mol. The molecular weight excluding hydrogens is 396 g/mol. The van der Waals surface area contributed by atoms with Crippen LogP contribution in [0.4, 0.5) is 5.69 Å². The van der Waals surface area contributed by atoms with Gasteiger partial charge in [0.1, 0.15) is 0 Å². The van der Waals surface area contributed by atoms with Gasteiger partial charge in [-0.15, -0.1) is 0 Å². The van der Waals surface area contributed by atoms with E-state index in [2.05, 4.69) is 0 Å². The van der Waals surface area contributed by atoms with E-state index >= 15 is 0 Å². The third kappa shape index (κ3) is 3.07. The third-order valence-corrected chi connectivity index (χ3v) is 6.36. The molecule has 2 amide bonds. The molecule has 0 spiro atoms. The fourth-order valence-corrected chi connectivity index (χ4v) is 4.78. The molecule has 0 aromatic heterocycles. The topological polar surface area (TPSA) is 101 Å². The second kappa shape index (κ2) is 6.70. The summed E-state index contributed by atoms with van der Waals surface area (Å²) < 4.78 is 30.3. The zero-order valence-electron chi connectivity index (χ0n) is 15.8. The van der Waals surface area contributed by atoms with E-state index in [0.717, 1.165) is 11.2 Å². The number of rotatable bonds is 4. The molecule has 0 radical (unpaired) electrons. The van der Waals surface area contributed by atoms with Gasteiger partial charge in [-0.2, -0.15) is 0 Å². The fraction of sp³-hybridized carbons (Fsp3) is 0.250. The van der Waals surface area contributed by atoms with Gasteiger partial charge in [-0.1, -0.05) is 12.1 Å². The minimum atomic E-state index is -3.54. The number of imide groups is 1. The molecule has 0 atom stereocenters. The molecule has 2 aromatic rings. The molecule has 4 rings (SSSR count). The van der Waals surface area contributed by atoms with Crippen molar-refractivity contribution in [3.05, 3.63) is 64.2 Å². The third-order valence-electron chi connectivity index (χ3n) is 5.18. The Bertz CT molecular complexity index is 1140. The molecule has 0 saturated heterocycles. The van der Waals surface area contributed by atoms with Gasteiger partial charge in [0.15, 0.2) is 0 Å². The van der Waals surface area contributed by atoms with Crippen LogP contribution in [-0.4, -0.2) is 51.0 Å². The number of hydrogen-bond donors (Lipinski definition) is 0. The molecule has 0 fully saturated rings. The maximum absolute atomic E-state index is 12.7. The lowest BCUT2D eigenvalue weighted by Crippen LogP contribution is -2.30. The van der Waals surface area contributed by atoms with Crippen LogP contribution in [0.25, 0.3) is 0 Å². The predicted octanol–water partition coefficient (Wildman–Crippen LogP) is 1.59. The lowest BCUT2D eigenvalue weighted by atomic mass is 10.0. The van der Waals surface area contributed by atoms with E-state index in [4.69, 9.17) is 4.74 Å². The number of nitrogens with zero attached hydrogens (tertiary/aromatic N) is 2. The zero-order valence-corrected chi connectivity index (χ0v) is 16.7. The first-order valence-corrected chi connectivity index (χ1v) is 10.7. The summed E-state index contributed by atoms with van der Waals surface area (Å²) in [6.45, 7) is 0.172. The number of benzene rings is 2. The average Bonchev–Trinajstić information content (AvgIpc) is 3.23. The van der Waals surface area contributed by atoms with E-state index < -0.39 is 27.8 Å². The second-order valence-electron chi connectivity index (χ2n) is 6.95. The first kappa shape index (κ1) is 19.1. The van der Waals surface area contributed by atoms with Crippen molar-refractivity contribution in [1.82, 2.24) is 4.90 Å². The first-order valence-electron chi connectivity index (χ1n) is 8.89. The Hall–Kier alpha value is -3.20. The Morgan fingerprint density at radius 2 is 1.72 bits per heavy atom. The van der Waals surface area contributed by atoms with E-state index in [9.17, 15) is 22.8 Å². The summed E-state index contributed by atoms with van der Waals surface area (Å²) in [5, 5.41) is 0. The van der Waals surface area contributed by atoms with E-state index in [1.807, 2.05) is 0 Å². The molecule has 29 heavy (non-hydrogen) atoms. The minimum absolute atomic E-state index is 0.0584. The molecule has 150 valence electrons. The number of esters is 1. The molecule has 0 N–H and O–H groups in total. The van der Waals surface area contributed by atoms with Gasteiger partial charge in [0.25, 0.3) is 11.8 Å². The molecule has 0 saturated carbocycles. The van der Waals surface area contributed by atoms with Gasteiger partial charge in [-0.3, -0.25) is 18.8 Å².